The van der Waals surface area contributed by atoms with Crippen molar-refractivity contribution in [3.63, 3.8) is 0 Å². The van der Waals surface area contributed by atoms with Crippen LogP contribution in [0.15, 0.2) is 157 Å². The monoisotopic (exact) mass is 1310 g/mol. The smallest absolute Gasteiger partial charge is 0.165 e. The van der Waals surface area contributed by atoms with E-state index in [2.05, 4.69) is 97.8 Å². The highest BCUT2D eigenvalue weighted by Crippen LogP contribution is 2.40. The Morgan fingerprint density at radius 3 is 2.14 bits per heavy atom. The first kappa shape index (κ1) is 67.0. The zero-order valence-corrected chi connectivity index (χ0v) is 56.9. The lowest BCUT2D eigenvalue weighted by molar-refractivity contribution is 0.0815. The molecule has 2 atom stereocenters. The Morgan fingerprint density at radius 2 is 1.45 bits per heavy atom. The standard InChI is InChI=1S/C28H33N7O.C26H30N5O2P.C19H28N6O/c1-33-15-17-34(18-16-33)21-9-11-22(12-10-21)35-28-25(27(29)30-19-31-28)26(32-35)20-7-13-24(14-8-20)36-23-5-3-2-4-6-23;1-34(2,33)22-12-10-20(11-13-22)28-25-23-26(30-24(29-25)19-7-3-4-8-19)31(17-27-23)15-14-18-6-5-9-21(32)16-18;1-4-15(11-26)22-19-23-17(20-10-14-8-6-5-7-9-14)16-18(24-19)25(12-21-16)13(2)3/h2-8,13-14,19,21-22H,9-12,15-18H2,1H3,(H2,29,30,31);5-6,9-13,16-17,19,32H,3-4,7-8,14-15H2,1-2H3,(H,28,29,30);5-9,12-13,15,19,22,24,26H,4,10-11H2,1-3H3,(H,20,23). The van der Waals surface area contributed by atoms with E-state index in [0.29, 0.717) is 42.7 Å². The average Bonchev–Trinajstić information content (AvgIpc) is 1.62. The molecule has 5 aromatic carbocycles. The molecule has 23 heteroatoms. The number of ether oxygens (including phenoxy) is 1. The fraction of sp³-hybridized carbons (Fsp3) is 0.397. The molecule has 5 aromatic heterocycles. The second-order valence-electron chi connectivity index (χ2n) is 26.2. The molecule has 1 saturated heterocycles. The minimum atomic E-state index is -2.30. The molecule has 0 bridgehead atoms. The lowest BCUT2D eigenvalue weighted by Gasteiger charge is -2.41. The van der Waals surface area contributed by atoms with Gasteiger partial charge in [0.05, 0.1) is 37.2 Å². The van der Waals surface area contributed by atoms with Crippen molar-refractivity contribution in [3.05, 3.63) is 175 Å². The number of aliphatic hydroxyl groups is 1. The third-order valence-corrected chi connectivity index (χ3v) is 20.3. The van der Waals surface area contributed by atoms with Crippen molar-refractivity contribution < 1.29 is 19.5 Å². The fourth-order valence-corrected chi connectivity index (χ4v) is 14.0. The third kappa shape index (κ3) is 16.2. The van der Waals surface area contributed by atoms with Crippen LogP contribution >= 0.6 is 7.14 Å². The Morgan fingerprint density at radius 1 is 0.750 bits per heavy atom. The van der Waals surface area contributed by atoms with Crippen molar-refractivity contribution in [1.82, 2.24) is 69.3 Å². The second kappa shape index (κ2) is 30.8. The molecule has 0 amide bonds. The molecule has 0 spiro atoms. The summed E-state index contributed by atoms with van der Waals surface area (Å²) in [6.45, 7) is 15.9. The largest absolute Gasteiger partial charge is 0.508 e. The molecule has 0 radical (unpaired) electrons. The van der Waals surface area contributed by atoms with Gasteiger partial charge < -0.3 is 55.2 Å². The van der Waals surface area contributed by atoms with Crippen LogP contribution in [0.1, 0.15) is 119 Å². The highest BCUT2D eigenvalue weighted by atomic mass is 31.2. The number of imidazole rings is 2. The van der Waals surface area contributed by atoms with Gasteiger partial charge in [0.15, 0.2) is 34.8 Å². The molecule has 14 rings (SSSR count). The Hall–Kier alpha value is -9.05. The highest BCUT2D eigenvalue weighted by Gasteiger charge is 2.32. The summed E-state index contributed by atoms with van der Waals surface area (Å²) in [6, 6.07) is 44.3. The number of hydrogen-bond acceptors (Lipinski definition) is 18. The SMILES string of the molecule is CCC(CO)NC1NC(=NCc2ccccc2)c2ncn(C(C)C)c2N1.CN1CCN(C2CCC(n3nc(-c4ccc(Oc5ccccc5)cc4)c4c(N)ncnc43)CC2)CC1.CP(C)(=O)c1ccc(Nc2nc(C3CCCC3)nc3c2ncn3CCc2cccc(O)c2)cc1. The van der Waals surface area contributed by atoms with E-state index < -0.39 is 7.14 Å². The molecular weight excluding hydrogens is 1220 g/mol. The van der Waals surface area contributed by atoms with Crippen LogP contribution in [0.5, 0.6) is 17.2 Å². The summed E-state index contributed by atoms with van der Waals surface area (Å²) in [5.74, 6) is 5.97. The number of fused-ring (bicyclic) bond motifs is 3. The van der Waals surface area contributed by atoms with Crippen molar-refractivity contribution >= 4 is 63.6 Å². The zero-order valence-electron chi connectivity index (χ0n) is 56.0. The first-order chi connectivity index (χ1) is 46.6. The van der Waals surface area contributed by atoms with Crippen molar-refractivity contribution in [2.24, 2.45) is 4.99 Å². The summed E-state index contributed by atoms with van der Waals surface area (Å²) in [7, 11) is -0.0853. The van der Waals surface area contributed by atoms with Crippen LogP contribution in [0.4, 0.5) is 23.1 Å². The van der Waals surface area contributed by atoms with Gasteiger partial charge in [-0.1, -0.05) is 80.4 Å². The normalized spacial score (nSPS) is 18.5. The molecule has 3 fully saturated rings. The molecule has 2 aliphatic carbocycles. The molecule has 502 valence electrons. The lowest BCUT2D eigenvalue weighted by atomic mass is 9.90. The number of likely N-dealkylation sites (N-methyl/N-ethyl adjacent to an activating group) is 1. The van der Waals surface area contributed by atoms with Gasteiger partial charge in [0.25, 0.3) is 0 Å². The number of aromatic hydroxyl groups is 1. The predicted octanol–water partition coefficient (Wildman–Crippen LogP) is 12.1. The maximum atomic E-state index is 12.4. The number of benzene rings is 5. The maximum Gasteiger partial charge on any atom is 0.165 e. The number of nitrogens with two attached hydrogens (primary N) is 1. The minimum absolute atomic E-state index is 0.00680. The molecule has 2 aliphatic heterocycles. The first-order valence-electron chi connectivity index (χ1n) is 33.9. The molecule has 4 aliphatic rings. The number of aryl methyl sites for hydroxylation is 2. The van der Waals surface area contributed by atoms with E-state index in [1.165, 1.54) is 51.9 Å². The summed E-state index contributed by atoms with van der Waals surface area (Å²) in [6.07, 6.45) is 15.8. The molecule has 96 heavy (non-hydrogen) atoms. The number of amidine groups is 1. The number of phenolic OH excluding ortho intramolecular Hbond substituents is 1. The van der Waals surface area contributed by atoms with Gasteiger partial charge in [-0.05, 0) is 170 Å². The molecule has 2 saturated carbocycles. The number of piperazine rings is 1. The quantitative estimate of drug-likeness (QED) is 0.0371. The summed E-state index contributed by atoms with van der Waals surface area (Å²) < 4.78 is 24.6. The number of para-hydroxylation sites is 1. The summed E-state index contributed by atoms with van der Waals surface area (Å²) >= 11 is 0. The Balaban J connectivity index is 0.000000140. The van der Waals surface area contributed by atoms with Gasteiger partial charge in [0, 0.05) is 73.3 Å². The average molecular weight is 1320 g/mol. The van der Waals surface area contributed by atoms with Crippen LogP contribution in [0.2, 0.25) is 0 Å². The van der Waals surface area contributed by atoms with E-state index in [1.54, 1.807) is 31.8 Å². The molecule has 7 heterocycles. The van der Waals surface area contributed by atoms with E-state index >= 15 is 0 Å². The van der Waals surface area contributed by atoms with Crippen LogP contribution in [0.3, 0.4) is 0 Å². The van der Waals surface area contributed by atoms with E-state index in [0.717, 1.165) is 129 Å². The highest BCUT2D eigenvalue weighted by molar-refractivity contribution is 7.70. The number of aliphatic imine (C=N–C) groups is 1. The number of nitrogens with one attached hydrogen (secondary N) is 4. The lowest BCUT2D eigenvalue weighted by Crippen LogP contribution is -2.57. The van der Waals surface area contributed by atoms with E-state index in [-0.39, 0.29) is 30.7 Å². The molecular formula is C73H91N18O4P. The maximum absolute atomic E-state index is 12.4. The van der Waals surface area contributed by atoms with Crippen LogP contribution < -0.4 is 37.0 Å². The van der Waals surface area contributed by atoms with Crippen LogP contribution in [0, 0.1) is 0 Å². The number of nitrogen functional groups attached to an aromatic ring is 1. The molecule has 8 N–H and O–H groups in total. The Kier molecular flexibility index (Phi) is 21.5. The van der Waals surface area contributed by atoms with Gasteiger partial charge in [-0.25, -0.2) is 34.6 Å². The van der Waals surface area contributed by atoms with Gasteiger partial charge in [-0.15, -0.1) is 0 Å². The molecule has 22 nitrogen and oxygen atoms in total. The van der Waals surface area contributed by atoms with Crippen molar-refractivity contribution in [2.75, 3.05) is 69.5 Å². The van der Waals surface area contributed by atoms with E-state index in [9.17, 15) is 14.8 Å². The summed E-state index contributed by atoms with van der Waals surface area (Å²) in [4.78, 5) is 37.8. The number of anilines is 4. The number of hydrogen-bond donors (Lipinski definition) is 7. The van der Waals surface area contributed by atoms with Gasteiger partial charge in [-0.2, -0.15) is 5.10 Å². The van der Waals surface area contributed by atoms with Crippen molar-refractivity contribution in [3.8, 4) is 28.5 Å². The fourth-order valence-electron chi connectivity index (χ4n) is 13.1. The van der Waals surface area contributed by atoms with Gasteiger partial charge in [0.1, 0.15) is 59.6 Å². The van der Waals surface area contributed by atoms with Gasteiger partial charge >= 0.3 is 0 Å². The van der Waals surface area contributed by atoms with Crippen molar-refractivity contribution in [2.45, 2.75) is 134 Å². The zero-order chi connectivity index (χ0) is 66.7. The Labute approximate surface area is 562 Å². The van der Waals surface area contributed by atoms with Crippen molar-refractivity contribution in [1.29, 1.82) is 0 Å². The molecule has 2 unspecified atom stereocenters. The Bertz CT molecular complexity index is 4240. The van der Waals surface area contributed by atoms with Gasteiger partial charge in [-0.3, -0.25) is 15.2 Å². The third-order valence-electron chi connectivity index (χ3n) is 18.7. The second-order valence-corrected chi connectivity index (χ2v) is 29.4. The van der Waals surface area contributed by atoms with Crippen LogP contribution in [0.25, 0.3) is 33.5 Å². The number of nitrogens with zero attached hydrogens (tertiary/aromatic N) is 13. The molecule has 10 aromatic rings. The predicted molar refractivity (Wildman–Crippen MR) is 383 cm³/mol. The van der Waals surface area contributed by atoms with Crippen LogP contribution in [-0.2, 0) is 24.1 Å². The van der Waals surface area contributed by atoms with Crippen LogP contribution in [-0.4, -0.2) is 146 Å². The summed E-state index contributed by atoms with van der Waals surface area (Å²) in [5.41, 5.74) is 14.5. The number of rotatable bonds is 19. The van der Waals surface area contributed by atoms with E-state index in [4.69, 9.17) is 30.5 Å². The van der Waals surface area contributed by atoms with E-state index in [1.807, 2.05) is 129 Å². The minimum Gasteiger partial charge on any atom is -0.508 e. The number of phenols is 1. The number of aromatic nitrogens is 10. The summed E-state index contributed by atoms with van der Waals surface area (Å²) in [5, 5.41) is 39.7. The first-order valence-corrected chi connectivity index (χ1v) is 36.5. The van der Waals surface area contributed by atoms with Gasteiger partial charge in [0.2, 0.25) is 0 Å². The number of aliphatic hydroxyl groups excluding tert-OH is 1. The topological polar surface area (TPSA) is 265 Å².